The first-order valence-electron chi connectivity index (χ1n) is 10.1. The molecule has 6 nitrogen and oxygen atoms in total. The van der Waals surface area contributed by atoms with Crippen LogP contribution in [0.3, 0.4) is 0 Å². The second-order valence-electron chi connectivity index (χ2n) is 7.68. The Kier molecular flexibility index (Phi) is 5.11. The molecule has 7 heteroatoms. The van der Waals surface area contributed by atoms with Gasteiger partial charge >= 0.3 is 0 Å². The smallest absolute Gasteiger partial charge is 0.151 e. The minimum atomic E-state index is -0.0427. The van der Waals surface area contributed by atoms with Gasteiger partial charge in [-0.25, -0.2) is 9.97 Å². The van der Waals surface area contributed by atoms with Gasteiger partial charge in [0.15, 0.2) is 5.82 Å². The fourth-order valence-electron chi connectivity index (χ4n) is 4.45. The third-order valence-electron chi connectivity index (χ3n) is 6.00. The fourth-order valence-corrected chi connectivity index (χ4v) is 5.40. The van der Waals surface area contributed by atoms with E-state index >= 15 is 0 Å². The van der Waals surface area contributed by atoms with E-state index in [1.165, 1.54) is 0 Å². The van der Waals surface area contributed by atoms with Crippen LogP contribution in [0.4, 0.5) is 0 Å². The van der Waals surface area contributed by atoms with Crippen molar-refractivity contribution in [1.29, 1.82) is 0 Å². The van der Waals surface area contributed by atoms with Gasteiger partial charge in [0.25, 0.3) is 0 Å². The molecule has 152 valence electrons. The maximum Gasteiger partial charge on any atom is 0.151 e. The molecular weight excluding hydrogens is 386 g/mol. The van der Waals surface area contributed by atoms with Crippen LogP contribution in [-0.4, -0.2) is 47.1 Å². The second-order valence-corrected chi connectivity index (χ2v) is 8.71. The lowest BCUT2D eigenvalue weighted by Gasteiger charge is -2.43. The summed E-state index contributed by atoms with van der Waals surface area (Å²) in [5.41, 5.74) is 0.968. The van der Waals surface area contributed by atoms with Crippen LogP contribution < -0.4 is 4.74 Å². The van der Waals surface area contributed by atoms with Crippen LogP contribution in [0, 0.1) is 0 Å². The Bertz CT molecular complexity index is 972. The van der Waals surface area contributed by atoms with Crippen LogP contribution in [0.25, 0.3) is 21.3 Å². The summed E-state index contributed by atoms with van der Waals surface area (Å²) in [7, 11) is 1.69. The summed E-state index contributed by atoms with van der Waals surface area (Å²) in [6.07, 6.45) is 9.89. The van der Waals surface area contributed by atoms with Crippen molar-refractivity contribution in [3.63, 3.8) is 0 Å². The SMILES string of the molecule is COc1ccccc1-c1ncc(-c2nccn2C2CCOC3(CCOCC3)C2)s1. The predicted molar refractivity (Wildman–Crippen MR) is 112 cm³/mol. The molecule has 0 radical (unpaired) electrons. The number of ether oxygens (including phenoxy) is 3. The van der Waals surface area contributed by atoms with Gasteiger partial charge < -0.3 is 18.8 Å². The first kappa shape index (κ1) is 18.8. The van der Waals surface area contributed by atoms with E-state index in [4.69, 9.17) is 14.2 Å². The molecule has 29 heavy (non-hydrogen) atoms. The zero-order valence-corrected chi connectivity index (χ0v) is 17.4. The summed E-state index contributed by atoms with van der Waals surface area (Å²) >= 11 is 1.65. The summed E-state index contributed by atoms with van der Waals surface area (Å²) in [4.78, 5) is 10.4. The average Bonchev–Trinajstić information content (AvgIpc) is 3.44. The van der Waals surface area contributed by atoms with E-state index in [-0.39, 0.29) is 5.60 Å². The normalized spacial score (nSPS) is 21.3. The number of thiazole rings is 1. The summed E-state index contributed by atoms with van der Waals surface area (Å²) in [6.45, 7) is 2.37. The largest absolute Gasteiger partial charge is 0.496 e. The highest BCUT2D eigenvalue weighted by atomic mass is 32.1. The van der Waals surface area contributed by atoms with Crippen molar-refractivity contribution in [1.82, 2.24) is 14.5 Å². The van der Waals surface area contributed by atoms with E-state index in [0.717, 1.165) is 72.5 Å². The van der Waals surface area contributed by atoms with Gasteiger partial charge in [-0.2, -0.15) is 0 Å². The van der Waals surface area contributed by atoms with Gasteiger partial charge in [0, 0.05) is 44.5 Å². The van der Waals surface area contributed by atoms with E-state index in [2.05, 4.69) is 20.7 Å². The number of benzene rings is 1. The minimum absolute atomic E-state index is 0.0427. The van der Waals surface area contributed by atoms with Crippen LogP contribution in [0.1, 0.15) is 31.7 Å². The predicted octanol–water partition coefficient (Wildman–Crippen LogP) is 4.58. The summed E-state index contributed by atoms with van der Waals surface area (Å²) in [5.74, 6) is 1.82. The molecule has 1 unspecified atom stereocenters. The van der Waals surface area contributed by atoms with Crippen molar-refractivity contribution < 1.29 is 14.2 Å². The van der Waals surface area contributed by atoms with Gasteiger partial charge in [-0.15, -0.1) is 11.3 Å². The van der Waals surface area contributed by atoms with Crippen molar-refractivity contribution in [3.05, 3.63) is 42.9 Å². The topological polar surface area (TPSA) is 58.4 Å². The zero-order valence-electron chi connectivity index (χ0n) is 16.5. The van der Waals surface area contributed by atoms with Crippen LogP contribution in [0.15, 0.2) is 42.9 Å². The zero-order chi connectivity index (χ0) is 19.7. The number of methoxy groups -OCH3 is 1. The van der Waals surface area contributed by atoms with E-state index in [1.807, 2.05) is 36.7 Å². The Morgan fingerprint density at radius 3 is 2.90 bits per heavy atom. The number of hydrogen-bond acceptors (Lipinski definition) is 6. The first-order chi connectivity index (χ1) is 14.3. The lowest BCUT2D eigenvalue weighted by Crippen LogP contribution is -2.44. The van der Waals surface area contributed by atoms with Crippen molar-refractivity contribution in [2.45, 2.75) is 37.3 Å². The van der Waals surface area contributed by atoms with Crippen molar-refractivity contribution in [2.75, 3.05) is 26.9 Å². The second kappa shape index (κ2) is 7.89. The number of para-hydroxylation sites is 1. The van der Waals surface area contributed by atoms with Crippen LogP contribution in [0.5, 0.6) is 5.75 Å². The molecule has 0 bridgehead atoms. The molecule has 4 heterocycles. The van der Waals surface area contributed by atoms with Crippen LogP contribution in [0.2, 0.25) is 0 Å². The highest BCUT2D eigenvalue weighted by molar-refractivity contribution is 7.18. The molecule has 2 aromatic heterocycles. The highest BCUT2D eigenvalue weighted by Crippen LogP contribution is 2.42. The van der Waals surface area contributed by atoms with Gasteiger partial charge in [0.05, 0.1) is 23.2 Å². The minimum Gasteiger partial charge on any atom is -0.496 e. The molecule has 1 aromatic carbocycles. The molecule has 3 aromatic rings. The molecule has 1 spiro atoms. The molecule has 2 aliphatic heterocycles. The molecule has 0 aliphatic carbocycles. The Balaban J connectivity index is 1.43. The third kappa shape index (κ3) is 3.58. The molecule has 0 N–H and O–H groups in total. The average molecular weight is 412 g/mol. The number of imidazole rings is 1. The van der Waals surface area contributed by atoms with Gasteiger partial charge in [0.2, 0.25) is 0 Å². The Morgan fingerprint density at radius 2 is 2.03 bits per heavy atom. The van der Waals surface area contributed by atoms with Crippen molar-refractivity contribution in [3.8, 4) is 27.0 Å². The van der Waals surface area contributed by atoms with Gasteiger partial charge in [-0.3, -0.25) is 0 Å². The highest BCUT2D eigenvalue weighted by Gasteiger charge is 2.40. The number of aromatic nitrogens is 3. The quantitative estimate of drug-likeness (QED) is 0.629. The Labute approximate surface area is 174 Å². The molecule has 0 saturated carbocycles. The van der Waals surface area contributed by atoms with Crippen LogP contribution in [-0.2, 0) is 9.47 Å². The standard InChI is InChI=1S/C22H25N3O3S/c1-26-18-5-3-2-4-17(18)21-24-15-19(29-21)20-23-9-10-25(20)16-6-11-28-22(14-16)7-12-27-13-8-22/h2-5,9-10,15-16H,6-8,11-14H2,1H3. The van der Waals surface area contributed by atoms with Crippen molar-refractivity contribution in [2.24, 2.45) is 0 Å². The number of rotatable bonds is 4. The molecule has 2 fully saturated rings. The lowest BCUT2D eigenvalue weighted by atomic mass is 9.84. The maximum atomic E-state index is 6.23. The van der Waals surface area contributed by atoms with E-state index in [9.17, 15) is 0 Å². The van der Waals surface area contributed by atoms with E-state index in [1.54, 1.807) is 18.4 Å². The molecular formula is C22H25N3O3S. The van der Waals surface area contributed by atoms with Gasteiger partial charge in [-0.05, 0) is 37.8 Å². The van der Waals surface area contributed by atoms with Crippen molar-refractivity contribution >= 4 is 11.3 Å². The Hall–Kier alpha value is -2.22. The number of nitrogens with zero attached hydrogens (tertiary/aromatic N) is 3. The summed E-state index contributed by atoms with van der Waals surface area (Å²) in [5, 5.41) is 0.944. The summed E-state index contributed by atoms with van der Waals surface area (Å²) < 4.78 is 19.6. The Morgan fingerprint density at radius 1 is 1.17 bits per heavy atom. The molecule has 2 saturated heterocycles. The van der Waals surface area contributed by atoms with Crippen LogP contribution >= 0.6 is 11.3 Å². The summed E-state index contributed by atoms with van der Waals surface area (Å²) in [6, 6.07) is 8.38. The first-order valence-corrected chi connectivity index (χ1v) is 10.9. The molecule has 2 aliphatic rings. The number of hydrogen-bond donors (Lipinski definition) is 0. The van der Waals surface area contributed by atoms with E-state index < -0.39 is 0 Å². The molecule has 5 rings (SSSR count). The maximum absolute atomic E-state index is 6.23. The molecule has 0 amide bonds. The van der Waals surface area contributed by atoms with E-state index in [0.29, 0.717) is 6.04 Å². The molecule has 1 atom stereocenters. The monoisotopic (exact) mass is 411 g/mol. The van der Waals surface area contributed by atoms with Gasteiger partial charge in [0.1, 0.15) is 10.8 Å². The van der Waals surface area contributed by atoms with Gasteiger partial charge in [-0.1, -0.05) is 12.1 Å². The fraction of sp³-hybridized carbons (Fsp3) is 0.455. The third-order valence-corrected chi connectivity index (χ3v) is 7.02. The lowest BCUT2D eigenvalue weighted by molar-refractivity contribution is -0.144.